The van der Waals surface area contributed by atoms with E-state index in [9.17, 15) is 9.18 Å². The molecule has 0 bridgehead atoms. The number of carbonyl (C=O) groups is 1. The average molecular weight is 214 g/mol. The van der Waals surface area contributed by atoms with Gasteiger partial charge in [0, 0.05) is 0 Å². The van der Waals surface area contributed by atoms with Gasteiger partial charge in [0.15, 0.2) is 0 Å². The monoisotopic (exact) mass is 214 g/mol. The van der Waals surface area contributed by atoms with Gasteiger partial charge in [0.25, 0.3) is 0 Å². The highest BCUT2D eigenvalue weighted by molar-refractivity contribution is 5.80. The lowest BCUT2D eigenvalue weighted by molar-refractivity contribution is -0.122. The number of amides is 1. The van der Waals surface area contributed by atoms with Crippen molar-refractivity contribution in [1.29, 1.82) is 0 Å². The van der Waals surface area contributed by atoms with Crippen molar-refractivity contribution >= 4 is 5.91 Å². The van der Waals surface area contributed by atoms with E-state index in [-0.39, 0.29) is 23.8 Å². The summed E-state index contributed by atoms with van der Waals surface area (Å²) < 4.78 is 13.7. The molecule has 4 heteroatoms. The van der Waals surface area contributed by atoms with Gasteiger partial charge >= 0.3 is 0 Å². The van der Waals surface area contributed by atoms with Gasteiger partial charge < -0.3 is 5.73 Å². The second-order valence-electron chi connectivity index (χ2n) is 4.32. The molecule has 3 nitrogen and oxygen atoms in total. The van der Waals surface area contributed by atoms with Crippen molar-refractivity contribution in [1.82, 2.24) is 4.90 Å². The van der Waals surface area contributed by atoms with Crippen molar-refractivity contribution in [3.8, 4) is 0 Å². The third-order valence-electron chi connectivity index (χ3n) is 2.96. The van der Waals surface area contributed by atoms with Crippen LogP contribution < -0.4 is 5.73 Å². The molecule has 2 atom stereocenters. The van der Waals surface area contributed by atoms with Crippen LogP contribution in [0.5, 0.6) is 0 Å². The lowest BCUT2D eigenvalue weighted by atomic mass is 10.1. The molecule has 0 radical (unpaired) electrons. The second-order valence-corrected chi connectivity index (χ2v) is 4.32. The van der Waals surface area contributed by atoms with E-state index in [0.29, 0.717) is 5.57 Å². The molecule has 1 aliphatic rings. The van der Waals surface area contributed by atoms with E-state index in [1.807, 2.05) is 4.90 Å². The van der Waals surface area contributed by atoms with E-state index in [4.69, 9.17) is 5.73 Å². The summed E-state index contributed by atoms with van der Waals surface area (Å²) >= 11 is 0. The Morgan fingerprint density at radius 1 is 1.53 bits per heavy atom. The summed E-state index contributed by atoms with van der Waals surface area (Å²) in [6.45, 7) is 6.00. The van der Waals surface area contributed by atoms with Crippen LogP contribution in [0.25, 0.3) is 0 Å². The minimum atomic E-state index is -0.346. The van der Waals surface area contributed by atoms with Crippen LogP contribution in [0.2, 0.25) is 0 Å². The Morgan fingerprint density at radius 2 is 2.13 bits per heavy atom. The van der Waals surface area contributed by atoms with Crippen LogP contribution in [0.1, 0.15) is 33.6 Å². The van der Waals surface area contributed by atoms with Gasteiger partial charge in [-0.3, -0.25) is 9.69 Å². The summed E-state index contributed by atoms with van der Waals surface area (Å²) in [6, 6.07) is -0.639. The molecule has 1 heterocycles. The van der Waals surface area contributed by atoms with Crippen molar-refractivity contribution in [3.63, 3.8) is 0 Å². The van der Waals surface area contributed by atoms with Gasteiger partial charge in [-0.2, -0.15) is 0 Å². The molecule has 0 aromatic heterocycles. The van der Waals surface area contributed by atoms with Crippen molar-refractivity contribution in [2.45, 2.75) is 45.7 Å². The smallest absolute Gasteiger partial charge is 0.234 e. The summed E-state index contributed by atoms with van der Waals surface area (Å²) in [5, 5.41) is 0. The number of nitrogens with zero attached hydrogens (tertiary/aromatic N) is 1. The van der Waals surface area contributed by atoms with E-state index in [1.54, 1.807) is 20.8 Å². The minimum absolute atomic E-state index is 0.150. The molecule has 86 valence electrons. The summed E-state index contributed by atoms with van der Waals surface area (Å²) in [7, 11) is 0. The van der Waals surface area contributed by atoms with E-state index < -0.39 is 0 Å². The first-order valence-electron chi connectivity index (χ1n) is 5.33. The second kappa shape index (κ2) is 4.75. The molecule has 0 aromatic carbocycles. The van der Waals surface area contributed by atoms with Gasteiger partial charge in [0.2, 0.25) is 5.91 Å². The van der Waals surface area contributed by atoms with Crippen LogP contribution in [-0.4, -0.2) is 29.4 Å². The maximum atomic E-state index is 13.7. The molecule has 1 unspecified atom stereocenters. The predicted octanol–water partition coefficient (Wildman–Crippen LogP) is 1.59. The molecule has 1 amide bonds. The third kappa shape index (κ3) is 2.56. The molecule has 0 saturated carbocycles. The number of likely N-dealkylation sites (tertiary alicyclic amines) is 1. The zero-order valence-electron chi connectivity index (χ0n) is 9.59. The standard InChI is InChI=1S/C11H19FN2O/c1-7(2)10(12)8(3)14-6-4-5-9(14)11(13)15/h8-9H,4-6H2,1-3H3,(H2,13,15)/t8-,9?/m1/s1. The molecule has 1 rings (SSSR count). The Morgan fingerprint density at radius 3 is 2.60 bits per heavy atom. The number of hydrogen-bond donors (Lipinski definition) is 1. The number of hydrogen-bond acceptors (Lipinski definition) is 2. The number of carbonyl (C=O) groups excluding carboxylic acids is 1. The van der Waals surface area contributed by atoms with Crippen LogP contribution in [0.4, 0.5) is 4.39 Å². The van der Waals surface area contributed by atoms with Gasteiger partial charge in [0.1, 0.15) is 5.83 Å². The maximum Gasteiger partial charge on any atom is 0.234 e. The van der Waals surface area contributed by atoms with Crippen molar-refractivity contribution in [3.05, 3.63) is 11.4 Å². The number of halogens is 1. The molecule has 15 heavy (non-hydrogen) atoms. The fourth-order valence-corrected chi connectivity index (χ4v) is 2.12. The normalized spacial score (nSPS) is 23.9. The molecule has 2 N–H and O–H groups in total. The Bertz CT molecular complexity index is 284. The van der Waals surface area contributed by atoms with Crippen LogP contribution in [0.15, 0.2) is 11.4 Å². The van der Waals surface area contributed by atoms with Gasteiger partial charge in [-0.1, -0.05) is 0 Å². The fourth-order valence-electron chi connectivity index (χ4n) is 2.12. The first-order chi connectivity index (χ1) is 6.95. The average Bonchev–Trinajstić information content (AvgIpc) is 2.63. The first kappa shape index (κ1) is 12.2. The zero-order valence-corrected chi connectivity index (χ0v) is 9.59. The minimum Gasteiger partial charge on any atom is -0.368 e. The van der Waals surface area contributed by atoms with E-state index in [1.165, 1.54) is 0 Å². The van der Waals surface area contributed by atoms with Crippen LogP contribution >= 0.6 is 0 Å². The predicted molar refractivity (Wildman–Crippen MR) is 57.9 cm³/mol. The number of nitrogens with two attached hydrogens (primary N) is 1. The van der Waals surface area contributed by atoms with Gasteiger partial charge in [0.05, 0.1) is 12.1 Å². The summed E-state index contributed by atoms with van der Waals surface area (Å²) in [5.41, 5.74) is 5.95. The molecular formula is C11H19FN2O. The molecule has 0 aromatic rings. The molecule has 1 fully saturated rings. The highest BCUT2D eigenvalue weighted by atomic mass is 19.1. The highest BCUT2D eigenvalue weighted by Gasteiger charge is 2.34. The zero-order chi connectivity index (χ0) is 11.6. The van der Waals surface area contributed by atoms with Crippen LogP contribution in [0, 0.1) is 0 Å². The van der Waals surface area contributed by atoms with Crippen LogP contribution in [-0.2, 0) is 4.79 Å². The number of allylic oxidation sites excluding steroid dienone is 1. The lowest BCUT2D eigenvalue weighted by Crippen LogP contribution is -2.45. The van der Waals surface area contributed by atoms with E-state index in [0.717, 1.165) is 19.4 Å². The largest absolute Gasteiger partial charge is 0.368 e. The molecule has 1 aliphatic heterocycles. The topological polar surface area (TPSA) is 46.3 Å². The lowest BCUT2D eigenvalue weighted by Gasteiger charge is -2.28. The summed E-state index contributed by atoms with van der Waals surface area (Å²) in [4.78, 5) is 13.0. The van der Waals surface area contributed by atoms with E-state index in [2.05, 4.69) is 0 Å². The maximum absolute atomic E-state index is 13.7. The Balaban J connectivity index is 2.79. The Hall–Kier alpha value is -0.900. The van der Waals surface area contributed by atoms with E-state index >= 15 is 0 Å². The number of rotatable bonds is 3. The van der Waals surface area contributed by atoms with Gasteiger partial charge in [-0.15, -0.1) is 0 Å². The first-order valence-corrected chi connectivity index (χ1v) is 5.33. The van der Waals surface area contributed by atoms with Crippen molar-refractivity contribution < 1.29 is 9.18 Å². The Labute approximate surface area is 90.1 Å². The third-order valence-corrected chi connectivity index (χ3v) is 2.96. The SMILES string of the molecule is CC(C)=C(F)[C@@H](C)N1CCCC1C(N)=O. The molecule has 0 spiro atoms. The highest BCUT2D eigenvalue weighted by Crippen LogP contribution is 2.25. The fraction of sp³-hybridized carbons (Fsp3) is 0.727. The van der Waals surface area contributed by atoms with Crippen LogP contribution in [0.3, 0.4) is 0 Å². The molecule has 0 aliphatic carbocycles. The number of primary amides is 1. The van der Waals surface area contributed by atoms with Gasteiger partial charge in [-0.25, -0.2) is 4.39 Å². The molecule has 1 saturated heterocycles. The summed E-state index contributed by atoms with van der Waals surface area (Å²) in [5.74, 6) is -0.496. The van der Waals surface area contributed by atoms with Crippen molar-refractivity contribution in [2.75, 3.05) is 6.54 Å². The Kier molecular flexibility index (Phi) is 3.85. The summed E-state index contributed by atoms with van der Waals surface area (Å²) in [6.07, 6.45) is 1.66. The van der Waals surface area contributed by atoms with Crippen molar-refractivity contribution in [2.24, 2.45) is 5.73 Å². The van der Waals surface area contributed by atoms with Gasteiger partial charge in [-0.05, 0) is 45.7 Å². The quantitative estimate of drug-likeness (QED) is 0.775. The molecular weight excluding hydrogens is 195 g/mol.